The van der Waals surface area contributed by atoms with E-state index >= 15 is 0 Å². The molecule has 0 aliphatic heterocycles. The minimum absolute atomic E-state index is 0.133. The summed E-state index contributed by atoms with van der Waals surface area (Å²) in [6, 6.07) is 15.2. The molecular formula is C18H12BrN3O2S. The molecule has 2 aromatic carbocycles. The Balaban J connectivity index is 1.94. The van der Waals surface area contributed by atoms with Crippen molar-refractivity contribution < 1.29 is 4.74 Å². The second-order valence-corrected chi connectivity index (χ2v) is 7.23. The van der Waals surface area contributed by atoms with Gasteiger partial charge in [-0.3, -0.25) is 4.79 Å². The van der Waals surface area contributed by atoms with E-state index in [1.54, 1.807) is 11.5 Å². The monoisotopic (exact) mass is 413 g/mol. The van der Waals surface area contributed by atoms with Crippen LogP contribution in [-0.4, -0.2) is 21.7 Å². The fourth-order valence-electron chi connectivity index (χ4n) is 2.60. The van der Waals surface area contributed by atoms with Gasteiger partial charge in [-0.15, -0.1) is 10.2 Å². The van der Waals surface area contributed by atoms with Crippen molar-refractivity contribution in [3.05, 3.63) is 73.5 Å². The zero-order chi connectivity index (χ0) is 17.4. The summed E-state index contributed by atoms with van der Waals surface area (Å²) in [7, 11) is 1.61. The number of aromatic nitrogens is 3. The molecule has 124 valence electrons. The Morgan fingerprint density at radius 1 is 1.16 bits per heavy atom. The normalized spacial score (nSPS) is 12.0. The number of ether oxygens (including phenoxy) is 1. The van der Waals surface area contributed by atoms with Crippen LogP contribution in [0.1, 0.15) is 5.56 Å². The molecule has 4 rings (SSSR count). The number of rotatable bonds is 3. The van der Waals surface area contributed by atoms with Gasteiger partial charge in [0, 0.05) is 15.6 Å². The Hall–Kier alpha value is -2.51. The van der Waals surface area contributed by atoms with Gasteiger partial charge in [0.1, 0.15) is 5.75 Å². The first-order valence-corrected chi connectivity index (χ1v) is 9.07. The Kier molecular flexibility index (Phi) is 4.10. The van der Waals surface area contributed by atoms with Crippen LogP contribution in [0.25, 0.3) is 22.4 Å². The first-order chi connectivity index (χ1) is 12.2. The van der Waals surface area contributed by atoms with E-state index in [4.69, 9.17) is 4.74 Å². The number of thiazole rings is 1. The van der Waals surface area contributed by atoms with Gasteiger partial charge in [0.25, 0.3) is 5.56 Å². The molecule has 0 bridgehead atoms. The van der Waals surface area contributed by atoms with E-state index in [9.17, 15) is 4.79 Å². The van der Waals surface area contributed by atoms with Crippen molar-refractivity contribution in [1.29, 1.82) is 0 Å². The highest BCUT2D eigenvalue weighted by Gasteiger charge is 2.14. The van der Waals surface area contributed by atoms with Crippen molar-refractivity contribution in [1.82, 2.24) is 14.6 Å². The summed E-state index contributed by atoms with van der Waals surface area (Å²) in [4.78, 5) is 13.5. The topological polar surface area (TPSA) is 56.5 Å². The predicted molar refractivity (Wildman–Crippen MR) is 102 cm³/mol. The van der Waals surface area contributed by atoms with Gasteiger partial charge in [-0.05, 0) is 24.3 Å². The summed E-state index contributed by atoms with van der Waals surface area (Å²) in [5.74, 6) is 1.26. The third-order valence-electron chi connectivity index (χ3n) is 3.76. The second kappa shape index (κ2) is 6.42. The number of halogens is 1. The summed E-state index contributed by atoms with van der Waals surface area (Å²) in [6.45, 7) is 0. The van der Waals surface area contributed by atoms with Gasteiger partial charge in [0.05, 0.1) is 11.6 Å². The minimum atomic E-state index is -0.133. The zero-order valence-corrected chi connectivity index (χ0v) is 15.5. The lowest BCUT2D eigenvalue weighted by atomic mass is 10.2. The molecule has 2 aromatic heterocycles. The molecule has 25 heavy (non-hydrogen) atoms. The molecule has 7 heteroatoms. The van der Waals surface area contributed by atoms with Crippen LogP contribution in [0.4, 0.5) is 0 Å². The lowest BCUT2D eigenvalue weighted by Gasteiger charge is -2.04. The van der Waals surface area contributed by atoms with Crippen LogP contribution in [0.5, 0.6) is 5.75 Å². The smallest absolute Gasteiger partial charge is 0.276 e. The number of benzene rings is 2. The van der Waals surface area contributed by atoms with Crippen LogP contribution in [0.3, 0.4) is 0 Å². The summed E-state index contributed by atoms with van der Waals surface area (Å²) < 4.78 is 8.43. The van der Waals surface area contributed by atoms with Gasteiger partial charge >= 0.3 is 0 Å². The molecule has 0 amide bonds. The maximum Gasteiger partial charge on any atom is 0.276 e. The quantitative estimate of drug-likeness (QED) is 0.517. The number of methoxy groups -OCH3 is 1. The van der Waals surface area contributed by atoms with Gasteiger partial charge in [-0.25, -0.2) is 4.40 Å². The van der Waals surface area contributed by atoms with Crippen LogP contribution in [-0.2, 0) is 0 Å². The summed E-state index contributed by atoms with van der Waals surface area (Å²) in [6.07, 6.45) is 1.82. The van der Waals surface area contributed by atoms with Crippen molar-refractivity contribution >= 4 is 38.3 Å². The number of nitrogens with zero attached hydrogens (tertiary/aromatic N) is 3. The fourth-order valence-corrected chi connectivity index (χ4v) is 3.88. The van der Waals surface area contributed by atoms with Gasteiger partial charge in [0.15, 0.2) is 5.82 Å². The molecular weight excluding hydrogens is 402 g/mol. The van der Waals surface area contributed by atoms with E-state index in [1.165, 1.54) is 11.3 Å². The number of fused-ring (bicyclic) bond motifs is 1. The predicted octanol–water partition coefficient (Wildman–Crippen LogP) is 3.14. The van der Waals surface area contributed by atoms with E-state index in [0.29, 0.717) is 21.1 Å². The van der Waals surface area contributed by atoms with Crippen LogP contribution in [0.2, 0.25) is 0 Å². The third-order valence-corrected chi connectivity index (χ3v) is 5.21. The third kappa shape index (κ3) is 2.85. The molecule has 0 fully saturated rings. The summed E-state index contributed by atoms with van der Waals surface area (Å²) in [5.41, 5.74) is 1.55. The van der Waals surface area contributed by atoms with Crippen LogP contribution in [0.15, 0.2) is 57.8 Å². The standard InChI is InChI=1S/C18H12BrN3O2S/c1-24-14-8-7-13(19)9-12(14)10-15-17(23)22-16(20-21-18(22)25-15)11-5-3-2-4-6-11/h2-10H,1H3. The first kappa shape index (κ1) is 16.0. The number of hydrogen-bond acceptors (Lipinski definition) is 5. The zero-order valence-electron chi connectivity index (χ0n) is 13.1. The fraction of sp³-hybridized carbons (Fsp3) is 0.0556. The molecule has 0 aliphatic carbocycles. The highest BCUT2D eigenvalue weighted by Crippen LogP contribution is 2.24. The average molecular weight is 414 g/mol. The number of hydrogen-bond donors (Lipinski definition) is 0. The molecule has 0 N–H and O–H groups in total. The maximum atomic E-state index is 12.9. The second-order valence-electron chi connectivity index (χ2n) is 5.31. The molecule has 0 unspecified atom stereocenters. The van der Waals surface area contributed by atoms with Crippen molar-refractivity contribution in [3.8, 4) is 17.1 Å². The lowest BCUT2D eigenvalue weighted by molar-refractivity contribution is 0.414. The van der Waals surface area contributed by atoms with Gasteiger partial charge in [0.2, 0.25) is 4.96 Å². The highest BCUT2D eigenvalue weighted by molar-refractivity contribution is 9.10. The molecule has 2 heterocycles. The van der Waals surface area contributed by atoms with Crippen molar-refractivity contribution in [2.45, 2.75) is 0 Å². The first-order valence-electron chi connectivity index (χ1n) is 7.46. The van der Waals surface area contributed by atoms with Gasteiger partial charge < -0.3 is 4.74 Å². The maximum absolute atomic E-state index is 12.9. The SMILES string of the molecule is COc1ccc(Br)cc1C=c1sc2nnc(-c3ccccc3)n2c1=O. The van der Waals surface area contributed by atoms with E-state index in [-0.39, 0.29) is 5.56 Å². The van der Waals surface area contributed by atoms with Crippen molar-refractivity contribution in [2.24, 2.45) is 0 Å². The van der Waals surface area contributed by atoms with Crippen LogP contribution < -0.4 is 14.8 Å². The van der Waals surface area contributed by atoms with Crippen LogP contribution >= 0.6 is 27.3 Å². The van der Waals surface area contributed by atoms with E-state index < -0.39 is 0 Å². The minimum Gasteiger partial charge on any atom is -0.496 e. The molecule has 0 saturated heterocycles. The molecule has 0 radical (unpaired) electrons. The summed E-state index contributed by atoms with van der Waals surface area (Å²) in [5, 5.41) is 8.31. The molecule has 5 nitrogen and oxygen atoms in total. The molecule has 4 aromatic rings. The highest BCUT2D eigenvalue weighted by atomic mass is 79.9. The molecule has 0 atom stereocenters. The van der Waals surface area contributed by atoms with Crippen LogP contribution in [0, 0.1) is 0 Å². The van der Waals surface area contributed by atoms with Crippen molar-refractivity contribution in [2.75, 3.05) is 7.11 Å². The summed E-state index contributed by atoms with van der Waals surface area (Å²) >= 11 is 4.76. The average Bonchev–Trinajstić information content (AvgIpc) is 3.17. The Morgan fingerprint density at radius 2 is 1.96 bits per heavy atom. The van der Waals surface area contributed by atoms with Gasteiger partial charge in [-0.2, -0.15) is 0 Å². The Labute approximate surface area is 155 Å². The van der Waals surface area contributed by atoms with E-state index in [2.05, 4.69) is 26.1 Å². The van der Waals surface area contributed by atoms with Gasteiger partial charge in [-0.1, -0.05) is 57.6 Å². The largest absolute Gasteiger partial charge is 0.496 e. The van der Waals surface area contributed by atoms with Crippen molar-refractivity contribution in [3.63, 3.8) is 0 Å². The van der Waals surface area contributed by atoms with E-state index in [0.717, 1.165) is 15.6 Å². The molecule has 0 spiro atoms. The lowest BCUT2D eigenvalue weighted by Crippen LogP contribution is -2.23. The molecule has 0 aliphatic rings. The Bertz CT molecular complexity index is 1170. The Morgan fingerprint density at radius 3 is 2.72 bits per heavy atom. The molecule has 0 saturated carbocycles. The van der Waals surface area contributed by atoms with E-state index in [1.807, 2.05) is 54.6 Å².